The van der Waals surface area contributed by atoms with Crippen molar-refractivity contribution in [3.8, 4) is 0 Å². The van der Waals surface area contributed by atoms with Crippen LogP contribution < -0.4 is 5.73 Å². The maximum Gasteiger partial charge on any atom is 0.255 e. The number of aliphatic hydroxyl groups excluding tert-OH is 1. The van der Waals surface area contributed by atoms with E-state index in [4.69, 9.17) is 10.8 Å². The first-order chi connectivity index (χ1) is 9.13. The molecule has 0 radical (unpaired) electrons. The van der Waals surface area contributed by atoms with E-state index in [1.54, 1.807) is 18.2 Å². The fourth-order valence-corrected chi connectivity index (χ4v) is 2.99. The van der Waals surface area contributed by atoms with E-state index in [9.17, 15) is 4.79 Å². The van der Waals surface area contributed by atoms with Gasteiger partial charge in [0.2, 0.25) is 0 Å². The molecule has 1 atom stereocenters. The lowest BCUT2D eigenvalue weighted by atomic mass is 9.94. The summed E-state index contributed by atoms with van der Waals surface area (Å²) in [6.07, 6.45) is 2.85. The molecule has 1 aromatic carbocycles. The number of rotatable bonds is 3. The van der Waals surface area contributed by atoms with Gasteiger partial charge in [-0.25, -0.2) is 0 Å². The molecule has 0 saturated carbocycles. The number of nitrogen functional groups attached to an aromatic ring is 1. The van der Waals surface area contributed by atoms with E-state index in [1.807, 2.05) is 4.90 Å². The van der Waals surface area contributed by atoms with Crippen LogP contribution in [0, 0.1) is 5.92 Å². The third-order valence-corrected chi connectivity index (χ3v) is 4.49. The highest BCUT2D eigenvalue weighted by molar-refractivity contribution is 9.10. The number of hydrogen-bond donors (Lipinski definition) is 2. The average Bonchev–Trinajstić information content (AvgIpc) is 2.42. The fraction of sp³-hybridized carbons (Fsp3) is 0.500. The SMILES string of the molecule is Nc1cccc(C(=O)N2CCCC(CCO)C2)c1Br. The number of amides is 1. The fourth-order valence-electron chi connectivity index (χ4n) is 2.55. The van der Waals surface area contributed by atoms with E-state index < -0.39 is 0 Å². The normalized spacial score (nSPS) is 19.5. The number of anilines is 1. The Hall–Kier alpha value is -1.07. The molecule has 2 rings (SSSR count). The van der Waals surface area contributed by atoms with Crippen molar-refractivity contribution in [2.24, 2.45) is 5.92 Å². The van der Waals surface area contributed by atoms with Crippen LogP contribution in [-0.2, 0) is 0 Å². The molecule has 19 heavy (non-hydrogen) atoms. The summed E-state index contributed by atoms with van der Waals surface area (Å²) in [5.41, 5.74) is 7.01. The molecule has 1 aliphatic heterocycles. The van der Waals surface area contributed by atoms with E-state index >= 15 is 0 Å². The summed E-state index contributed by atoms with van der Waals surface area (Å²) in [5, 5.41) is 9.01. The number of hydrogen-bond acceptors (Lipinski definition) is 3. The molecule has 0 bridgehead atoms. The lowest BCUT2D eigenvalue weighted by Crippen LogP contribution is -2.40. The minimum Gasteiger partial charge on any atom is -0.398 e. The topological polar surface area (TPSA) is 66.6 Å². The van der Waals surface area contributed by atoms with Crippen molar-refractivity contribution in [2.75, 3.05) is 25.4 Å². The van der Waals surface area contributed by atoms with Gasteiger partial charge in [-0.2, -0.15) is 0 Å². The van der Waals surface area contributed by atoms with Crippen LogP contribution in [0.25, 0.3) is 0 Å². The van der Waals surface area contributed by atoms with Crippen LogP contribution in [0.4, 0.5) is 5.69 Å². The zero-order valence-electron chi connectivity index (χ0n) is 10.8. The van der Waals surface area contributed by atoms with Gasteiger partial charge < -0.3 is 15.7 Å². The number of likely N-dealkylation sites (tertiary alicyclic amines) is 1. The Morgan fingerprint density at radius 2 is 2.32 bits per heavy atom. The first-order valence-corrected chi connectivity index (χ1v) is 7.37. The van der Waals surface area contributed by atoms with Crippen molar-refractivity contribution in [1.82, 2.24) is 4.90 Å². The minimum absolute atomic E-state index is 0.0156. The molecule has 3 N–H and O–H groups in total. The third kappa shape index (κ3) is 3.28. The van der Waals surface area contributed by atoms with Crippen LogP contribution in [0.1, 0.15) is 29.6 Å². The van der Waals surface area contributed by atoms with Crippen molar-refractivity contribution < 1.29 is 9.90 Å². The Labute approximate surface area is 121 Å². The van der Waals surface area contributed by atoms with E-state index in [0.717, 1.165) is 32.4 Å². The van der Waals surface area contributed by atoms with Crippen LogP contribution in [-0.4, -0.2) is 35.6 Å². The smallest absolute Gasteiger partial charge is 0.255 e. The Balaban J connectivity index is 2.12. The standard InChI is InChI=1S/C14H19BrN2O2/c15-13-11(4-1-5-12(13)16)14(19)17-7-2-3-10(9-17)6-8-18/h1,4-5,10,18H,2-3,6-9,16H2. The van der Waals surface area contributed by atoms with Gasteiger partial charge in [0.05, 0.1) is 10.0 Å². The molecular weight excluding hydrogens is 308 g/mol. The summed E-state index contributed by atoms with van der Waals surface area (Å²) >= 11 is 3.38. The van der Waals surface area contributed by atoms with Crippen molar-refractivity contribution in [3.05, 3.63) is 28.2 Å². The second kappa shape index (κ2) is 6.39. The molecular formula is C14H19BrN2O2. The molecule has 4 nitrogen and oxygen atoms in total. The maximum absolute atomic E-state index is 12.5. The lowest BCUT2D eigenvalue weighted by Gasteiger charge is -2.32. The van der Waals surface area contributed by atoms with Crippen LogP contribution in [0.15, 0.2) is 22.7 Å². The van der Waals surface area contributed by atoms with Gasteiger partial charge in [-0.05, 0) is 53.2 Å². The van der Waals surface area contributed by atoms with Crippen LogP contribution in [0.5, 0.6) is 0 Å². The first kappa shape index (κ1) is 14.3. The summed E-state index contributed by atoms with van der Waals surface area (Å²) in [5.74, 6) is 0.421. The lowest BCUT2D eigenvalue weighted by molar-refractivity contribution is 0.0653. The van der Waals surface area contributed by atoms with Gasteiger partial charge in [-0.3, -0.25) is 4.79 Å². The number of nitrogens with zero attached hydrogens (tertiary/aromatic N) is 1. The zero-order valence-corrected chi connectivity index (χ0v) is 12.4. The number of carbonyl (C=O) groups excluding carboxylic acids is 1. The Bertz CT molecular complexity index is 463. The average molecular weight is 327 g/mol. The van der Waals surface area contributed by atoms with E-state index in [-0.39, 0.29) is 12.5 Å². The number of aliphatic hydroxyl groups is 1. The Kier molecular flexibility index (Phi) is 4.82. The highest BCUT2D eigenvalue weighted by atomic mass is 79.9. The largest absolute Gasteiger partial charge is 0.398 e. The second-order valence-corrected chi connectivity index (χ2v) is 5.77. The van der Waals surface area contributed by atoms with E-state index in [0.29, 0.717) is 21.6 Å². The van der Waals surface area contributed by atoms with Crippen LogP contribution in [0.2, 0.25) is 0 Å². The minimum atomic E-state index is 0.0156. The monoisotopic (exact) mass is 326 g/mol. The molecule has 0 aliphatic carbocycles. The quantitative estimate of drug-likeness (QED) is 0.837. The number of nitrogens with two attached hydrogens (primary N) is 1. The van der Waals surface area contributed by atoms with Gasteiger partial charge in [-0.15, -0.1) is 0 Å². The molecule has 1 saturated heterocycles. The first-order valence-electron chi connectivity index (χ1n) is 6.57. The predicted molar refractivity (Wildman–Crippen MR) is 78.9 cm³/mol. The molecule has 0 spiro atoms. The van der Waals surface area contributed by atoms with Gasteiger partial charge in [-0.1, -0.05) is 6.07 Å². The summed E-state index contributed by atoms with van der Waals surface area (Å²) < 4.78 is 0.671. The maximum atomic E-state index is 12.5. The van der Waals surface area contributed by atoms with Gasteiger partial charge in [0.25, 0.3) is 5.91 Å². The molecule has 104 valence electrons. The third-order valence-electron chi connectivity index (χ3n) is 3.60. The Morgan fingerprint density at radius 1 is 1.53 bits per heavy atom. The number of carbonyl (C=O) groups is 1. The van der Waals surface area contributed by atoms with Crippen LogP contribution >= 0.6 is 15.9 Å². The number of benzene rings is 1. The van der Waals surface area contributed by atoms with E-state index in [1.165, 1.54) is 0 Å². The molecule has 1 amide bonds. The highest BCUT2D eigenvalue weighted by Crippen LogP contribution is 2.27. The van der Waals surface area contributed by atoms with Gasteiger partial charge in [0.15, 0.2) is 0 Å². The second-order valence-electron chi connectivity index (χ2n) is 4.98. The van der Waals surface area contributed by atoms with Gasteiger partial charge in [0.1, 0.15) is 0 Å². The predicted octanol–water partition coefficient (Wildman–Crippen LogP) is 2.27. The number of piperidine rings is 1. The van der Waals surface area contributed by atoms with Crippen molar-refractivity contribution in [2.45, 2.75) is 19.3 Å². The van der Waals surface area contributed by atoms with Gasteiger partial charge in [0, 0.05) is 25.4 Å². The molecule has 1 heterocycles. The summed E-state index contributed by atoms with van der Waals surface area (Å²) in [6, 6.07) is 5.35. The van der Waals surface area contributed by atoms with E-state index in [2.05, 4.69) is 15.9 Å². The zero-order chi connectivity index (χ0) is 13.8. The summed E-state index contributed by atoms with van der Waals surface area (Å²) in [4.78, 5) is 14.4. The summed E-state index contributed by atoms with van der Waals surface area (Å²) in [7, 11) is 0. The molecule has 1 aliphatic rings. The molecule has 1 unspecified atom stereocenters. The van der Waals surface area contributed by atoms with Crippen molar-refractivity contribution in [1.29, 1.82) is 0 Å². The van der Waals surface area contributed by atoms with Crippen molar-refractivity contribution in [3.63, 3.8) is 0 Å². The molecule has 1 aromatic rings. The van der Waals surface area contributed by atoms with Gasteiger partial charge >= 0.3 is 0 Å². The van der Waals surface area contributed by atoms with Crippen molar-refractivity contribution >= 4 is 27.5 Å². The summed E-state index contributed by atoms with van der Waals surface area (Å²) in [6.45, 7) is 1.69. The number of halogens is 1. The molecule has 1 fully saturated rings. The highest BCUT2D eigenvalue weighted by Gasteiger charge is 2.25. The molecule has 0 aromatic heterocycles. The van der Waals surface area contributed by atoms with Crippen LogP contribution in [0.3, 0.4) is 0 Å². The Morgan fingerprint density at radius 3 is 3.05 bits per heavy atom. The molecule has 5 heteroatoms.